The molecule has 25 heavy (non-hydrogen) atoms. The largest absolute Gasteiger partial charge is 0.474 e. The Kier molecular flexibility index (Phi) is 5.71. The molecule has 2 aromatic rings. The van der Waals surface area contributed by atoms with E-state index in [0.29, 0.717) is 10.8 Å². The van der Waals surface area contributed by atoms with Gasteiger partial charge in [0.25, 0.3) is 0 Å². The third-order valence-electron chi connectivity index (χ3n) is 4.56. The minimum atomic E-state index is -3.46. The number of nitrogens with one attached hydrogen (secondary N) is 1. The number of rotatable bonds is 6. The van der Waals surface area contributed by atoms with Crippen LogP contribution in [0.1, 0.15) is 38.2 Å². The van der Waals surface area contributed by atoms with E-state index >= 15 is 0 Å². The molecule has 134 valence electrons. The SMILES string of the molecule is CCc1ccc(S(=O)(=O)NC2CCC(Oc3ccccn3)CC2)cc1. The smallest absolute Gasteiger partial charge is 0.240 e. The standard InChI is InChI=1S/C19H24N2O3S/c1-2-15-6-12-18(13-7-15)25(22,23)21-16-8-10-17(11-9-16)24-19-5-3-4-14-20-19/h3-7,12-14,16-17,21H,2,8-11H2,1H3. The Bertz CT molecular complexity index is 768. The first kappa shape index (κ1) is 17.9. The van der Waals surface area contributed by atoms with Gasteiger partial charge in [0.1, 0.15) is 6.10 Å². The Morgan fingerprint density at radius 1 is 1.08 bits per heavy atom. The average molecular weight is 360 g/mol. The van der Waals surface area contributed by atoms with Crippen LogP contribution in [-0.4, -0.2) is 25.5 Å². The van der Waals surface area contributed by atoms with Gasteiger partial charge in [-0.1, -0.05) is 25.1 Å². The van der Waals surface area contributed by atoms with Gasteiger partial charge in [-0.05, 0) is 55.9 Å². The van der Waals surface area contributed by atoms with Crippen molar-refractivity contribution in [2.75, 3.05) is 0 Å². The molecular formula is C19H24N2O3S. The maximum Gasteiger partial charge on any atom is 0.240 e. The molecule has 0 atom stereocenters. The Balaban J connectivity index is 1.54. The molecule has 0 bridgehead atoms. The van der Waals surface area contributed by atoms with Crippen LogP contribution in [0.4, 0.5) is 0 Å². The van der Waals surface area contributed by atoms with Gasteiger partial charge >= 0.3 is 0 Å². The predicted molar refractivity (Wildman–Crippen MR) is 97.1 cm³/mol. The highest BCUT2D eigenvalue weighted by molar-refractivity contribution is 7.89. The minimum absolute atomic E-state index is 0.0422. The maximum absolute atomic E-state index is 12.5. The van der Waals surface area contributed by atoms with E-state index in [-0.39, 0.29) is 12.1 Å². The van der Waals surface area contributed by atoms with Crippen molar-refractivity contribution in [2.45, 2.75) is 56.1 Å². The minimum Gasteiger partial charge on any atom is -0.474 e. The van der Waals surface area contributed by atoms with E-state index in [1.807, 2.05) is 37.3 Å². The van der Waals surface area contributed by atoms with Gasteiger partial charge in [0, 0.05) is 18.3 Å². The molecule has 0 aliphatic heterocycles. The zero-order valence-corrected chi connectivity index (χ0v) is 15.2. The molecule has 6 heteroatoms. The number of hydrogen-bond donors (Lipinski definition) is 1. The van der Waals surface area contributed by atoms with Gasteiger partial charge in [0.2, 0.25) is 15.9 Å². The number of aromatic nitrogens is 1. The number of pyridine rings is 1. The molecule has 1 aliphatic carbocycles. The van der Waals surface area contributed by atoms with Crippen LogP contribution in [0.15, 0.2) is 53.6 Å². The quantitative estimate of drug-likeness (QED) is 0.858. The Morgan fingerprint density at radius 2 is 1.80 bits per heavy atom. The van der Waals surface area contributed by atoms with Crippen LogP contribution in [0.2, 0.25) is 0 Å². The number of sulfonamides is 1. The van der Waals surface area contributed by atoms with Crippen molar-refractivity contribution < 1.29 is 13.2 Å². The fraction of sp³-hybridized carbons (Fsp3) is 0.421. The van der Waals surface area contributed by atoms with Crippen molar-refractivity contribution in [2.24, 2.45) is 0 Å². The van der Waals surface area contributed by atoms with E-state index in [4.69, 9.17) is 4.74 Å². The lowest BCUT2D eigenvalue weighted by molar-refractivity contribution is 0.138. The second-order valence-electron chi connectivity index (χ2n) is 6.38. The van der Waals surface area contributed by atoms with E-state index in [1.54, 1.807) is 18.3 Å². The number of aryl methyl sites for hydroxylation is 1. The molecule has 1 aliphatic rings. The van der Waals surface area contributed by atoms with Crippen molar-refractivity contribution >= 4 is 10.0 Å². The normalized spacial score (nSPS) is 21.0. The van der Waals surface area contributed by atoms with E-state index in [9.17, 15) is 8.42 Å². The summed E-state index contributed by atoms with van der Waals surface area (Å²) in [4.78, 5) is 4.50. The number of ether oxygens (including phenoxy) is 1. The van der Waals surface area contributed by atoms with E-state index < -0.39 is 10.0 Å². The van der Waals surface area contributed by atoms with E-state index in [2.05, 4.69) is 9.71 Å². The van der Waals surface area contributed by atoms with Crippen LogP contribution in [0, 0.1) is 0 Å². The second kappa shape index (κ2) is 7.97. The van der Waals surface area contributed by atoms with Crippen LogP contribution < -0.4 is 9.46 Å². The summed E-state index contributed by atoms with van der Waals surface area (Å²) >= 11 is 0. The van der Waals surface area contributed by atoms with Gasteiger partial charge < -0.3 is 4.74 Å². The van der Waals surface area contributed by atoms with Crippen molar-refractivity contribution in [3.8, 4) is 5.88 Å². The average Bonchev–Trinajstić information content (AvgIpc) is 2.64. The van der Waals surface area contributed by atoms with Gasteiger partial charge in [-0.25, -0.2) is 18.1 Å². The highest BCUT2D eigenvalue weighted by Crippen LogP contribution is 2.24. The molecule has 0 spiro atoms. The molecule has 1 N–H and O–H groups in total. The summed E-state index contributed by atoms with van der Waals surface area (Å²) < 4.78 is 33.7. The lowest BCUT2D eigenvalue weighted by Crippen LogP contribution is -2.39. The van der Waals surface area contributed by atoms with Crippen LogP contribution in [0.5, 0.6) is 5.88 Å². The van der Waals surface area contributed by atoms with E-state index in [1.165, 1.54) is 0 Å². The van der Waals surface area contributed by atoms with E-state index in [0.717, 1.165) is 37.7 Å². The van der Waals surface area contributed by atoms with Gasteiger partial charge in [-0.2, -0.15) is 0 Å². The topological polar surface area (TPSA) is 68.3 Å². The van der Waals surface area contributed by atoms with Crippen LogP contribution >= 0.6 is 0 Å². The molecule has 0 amide bonds. The first-order valence-corrected chi connectivity index (χ1v) is 10.2. The summed E-state index contributed by atoms with van der Waals surface area (Å²) in [5.74, 6) is 0.627. The number of benzene rings is 1. The lowest BCUT2D eigenvalue weighted by atomic mass is 9.94. The lowest BCUT2D eigenvalue weighted by Gasteiger charge is -2.29. The summed E-state index contributed by atoms with van der Waals surface area (Å²) in [6.07, 6.45) is 5.87. The molecule has 1 heterocycles. The van der Waals surface area contributed by atoms with Crippen molar-refractivity contribution in [3.05, 3.63) is 54.2 Å². The zero-order chi connectivity index (χ0) is 17.7. The molecule has 5 nitrogen and oxygen atoms in total. The zero-order valence-electron chi connectivity index (χ0n) is 14.4. The Hall–Kier alpha value is -1.92. The summed E-state index contributed by atoms with van der Waals surface area (Å²) in [6, 6.07) is 12.6. The number of nitrogens with zero attached hydrogens (tertiary/aromatic N) is 1. The third kappa shape index (κ3) is 4.80. The fourth-order valence-electron chi connectivity index (χ4n) is 3.08. The molecule has 1 aromatic heterocycles. The van der Waals surface area contributed by atoms with Gasteiger partial charge in [0.15, 0.2) is 0 Å². The summed E-state index contributed by atoms with van der Waals surface area (Å²) in [5.41, 5.74) is 1.13. The molecule has 1 aromatic carbocycles. The molecular weight excluding hydrogens is 336 g/mol. The first-order valence-electron chi connectivity index (χ1n) is 8.76. The highest BCUT2D eigenvalue weighted by atomic mass is 32.2. The molecule has 0 saturated heterocycles. The second-order valence-corrected chi connectivity index (χ2v) is 8.09. The van der Waals surface area contributed by atoms with Crippen molar-refractivity contribution in [1.82, 2.24) is 9.71 Å². The number of hydrogen-bond acceptors (Lipinski definition) is 4. The Morgan fingerprint density at radius 3 is 2.40 bits per heavy atom. The van der Waals surface area contributed by atoms with Gasteiger partial charge in [0.05, 0.1) is 4.90 Å². The Labute approximate surface area is 149 Å². The van der Waals surface area contributed by atoms with Crippen molar-refractivity contribution in [3.63, 3.8) is 0 Å². The maximum atomic E-state index is 12.5. The molecule has 0 unspecified atom stereocenters. The summed E-state index contributed by atoms with van der Waals surface area (Å²) in [6.45, 7) is 2.05. The molecule has 1 fully saturated rings. The van der Waals surface area contributed by atoms with Gasteiger partial charge in [-0.3, -0.25) is 0 Å². The fourth-order valence-corrected chi connectivity index (χ4v) is 4.38. The highest BCUT2D eigenvalue weighted by Gasteiger charge is 2.26. The molecule has 0 radical (unpaired) electrons. The first-order chi connectivity index (χ1) is 12.1. The molecule has 3 rings (SSSR count). The van der Waals surface area contributed by atoms with Crippen molar-refractivity contribution in [1.29, 1.82) is 0 Å². The van der Waals surface area contributed by atoms with Crippen LogP contribution in [0.3, 0.4) is 0 Å². The van der Waals surface area contributed by atoms with Gasteiger partial charge in [-0.15, -0.1) is 0 Å². The monoisotopic (exact) mass is 360 g/mol. The van der Waals surface area contributed by atoms with Crippen LogP contribution in [-0.2, 0) is 16.4 Å². The molecule has 1 saturated carbocycles. The third-order valence-corrected chi connectivity index (χ3v) is 6.10. The predicted octanol–water partition coefficient (Wildman–Crippen LogP) is 3.31. The summed E-state index contributed by atoms with van der Waals surface area (Å²) in [5, 5.41) is 0. The van der Waals surface area contributed by atoms with Crippen LogP contribution in [0.25, 0.3) is 0 Å². The summed E-state index contributed by atoms with van der Waals surface area (Å²) in [7, 11) is -3.46.